The Kier molecular flexibility index (Phi) is 7.16. The molecule has 4 rings (SSSR count). The minimum absolute atomic E-state index is 0.185. The number of carbonyl (C=O) groups is 1. The standard InChI is InChI=1S/C26H25FN2O5S/c1-5-33-20-14-17(9-12-19(20)32-4)23-22(25(31)34-6-2)15(3)28-26-29(23)24(30)21(35-26)13-16-7-10-18(27)11-8-16/h7-14,23H,5-6H2,1-4H3/b21-13+. The summed E-state index contributed by atoms with van der Waals surface area (Å²) in [4.78, 5) is 31.6. The number of esters is 1. The van der Waals surface area contributed by atoms with Crippen LogP contribution in [0.15, 0.2) is 63.5 Å². The molecule has 0 saturated carbocycles. The molecule has 0 amide bonds. The van der Waals surface area contributed by atoms with E-state index in [-0.39, 0.29) is 23.6 Å². The van der Waals surface area contributed by atoms with Crippen LogP contribution in [-0.4, -0.2) is 30.9 Å². The van der Waals surface area contributed by atoms with Crippen LogP contribution in [0.2, 0.25) is 0 Å². The van der Waals surface area contributed by atoms with Crippen LogP contribution in [0.3, 0.4) is 0 Å². The lowest BCUT2D eigenvalue weighted by molar-refractivity contribution is -0.139. The van der Waals surface area contributed by atoms with E-state index in [0.29, 0.717) is 44.3 Å². The number of thiazole rings is 1. The third-order valence-electron chi connectivity index (χ3n) is 5.49. The zero-order valence-corrected chi connectivity index (χ0v) is 20.6. The van der Waals surface area contributed by atoms with Crippen molar-refractivity contribution in [2.75, 3.05) is 20.3 Å². The van der Waals surface area contributed by atoms with Gasteiger partial charge in [-0.1, -0.05) is 29.5 Å². The fraction of sp³-hybridized carbons (Fsp3) is 0.269. The van der Waals surface area contributed by atoms with Gasteiger partial charge in [-0.2, -0.15) is 0 Å². The second kappa shape index (κ2) is 10.3. The first-order chi connectivity index (χ1) is 16.9. The highest BCUT2D eigenvalue weighted by molar-refractivity contribution is 7.07. The van der Waals surface area contributed by atoms with Crippen LogP contribution >= 0.6 is 11.3 Å². The molecule has 35 heavy (non-hydrogen) atoms. The van der Waals surface area contributed by atoms with E-state index < -0.39 is 12.0 Å². The van der Waals surface area contributed by atoms with E-state index in [4.69, 9.17) is 14.2 Å². The molecule has 7 nitrogen and oxygen atoms in total. The van der Waals surface area contributed by atoms with Gasteiger partial charge >= 0.3 is 5.97 Å². The molecule has 0 aliphatic carbocycles. The lowest BCUT2D eigenvalue weighted by atomic mass is 9.95. The Morgan fingerprint density at radius 1 is 1.14 bits per heavy atom. The molecule has 0 radical (unpaired) electrons. The minimum Gasteiger partial charge on any atom is -0.493 e. The molecule has 0 bridgehead atoms. The summed E-state index contributed by atoms with van der Waals surface area (Å²) >= 11 is 1.20. The topological polar surface area (TPSA) is 79.1 Å². The van der Waals surface area contributed by atoms with Gasteiger partial charge in [0, 0.05) is 0 Å². The van der Waals surface area contributed by atoms with Crippen LogP contribution in [0.4, 0.5) is 4.39 Å². The number of allylic oxidation sites excluding steroid dienone is 1. The van der Waals surface area contributed by atoms with E-state index in [9.17, 15) is 14.0 Å². The number of carbonyl (C=O) groups excluding carboxylic acids is 1. The van der Waals surface area contributed by atoms with Crippen LogP contribution in [0.5, 0.6) is 11.5 Å². The Morgan fingerprint density at radius 3 is 2.54 bits per heavy atom. The fourth-order valence-electron chi connectivity index (χ4n) is 3.95. The van der Waals surface area contributed by atoms with Crippen LogP contribution in [0.25, 0.3) is 6.08 Å². The molecule has 2 heterocycles. The average molecular weight is 497 g/mol. The molecule has 2 aromatic carbocycles. The Morgan fingerprint density at radius 2 is 1.89 bits per heavy atom. The molecule has 182 valence electrons. The van der Waals surface area contributed by atoms with Crippen molar-refractivity contribution in [3.63, 3.8) is 0 Å². The summed E-state index contributed by atoms with van der Waals surface area (Å²) < 4.78 is 31.7. The van der Waals surface area contributed by atoms with Gasteiger partial charge in [-0.15, -0.1) is 0 Å². The fourth-order valence-corrected chi connectivity index (χ4v) is 5.00. The van der Waals surface area contributed by atoms with Crippen molar-refractivity contribution in [1.82, 2.24) is 4.57 Å². The first-order valence-corrected chi connectivity index (χ1v) is 12.0. The van der Waals surface area contributed by atoms with Gasteiger partial charge in [0.1, 0.15) is 5.82 Å². The third-order valence-corrected chi connectivity index (χ3v) is 6.47. The molecule has 0 saturated heterocycles. The van der Waals surface area contributed by atoms with Crippen molar-refractivity contribution >= 4 is 23.4 Å². The Hall–Kier alpha value is -3.72. The molecule has 3 aromatic rings. The van der Waals surface area contributed by atoms with Crippen LogP contribution in [-0.2, 0) is 9.53 Å². The van der Waals surface area contributed by atoms with Gasteiger partial charge < -0.3 is 14.2 Å². The SMILES string of the molecule is CCOC(=O)C1=C(C)N=c2s/c(=C/c3ccc(F)cc3)c(=O)n2C1c1ccc(OC)c(OCC)c1. The van der Waals surface area contributed by atoms with Crippen molar-refractivity contribution in [3.8, 4) is 11.5 Å². The lowest BCUT2D eigenvalue weighted by Crippen LogP contribution is -2.40. The van der Waals surface area contributed by atoms with Gasteiger partial charge in [-0.05, 0) is 62.2 Å². The maximum absolute atomic E-state index is 13.6. The maximum atomic E-state index is 13.6. The lowest BCUT2D eigenvalue weighted by Gasteiger charge is -2.25. The number of ether oxygens (including phenoxy) is 3. The molecule has 1 aliphatic heterocycles. The quantitative estimate of drug-likeness (QED) is 0.469. The Balaban J connectivity index is 1.96. The van der Waals surface area contributed by atoms with Gasteiger partial charge in [-0.25, -0.2) is 14.2 Å². The minimum atomic E-state index is -0.772. The van der Waals surface area contributed by atoms with E-state index >= 15 is 0 Å². The number of aromatic nitrogens is 1. The molecule has 1 unspecified atom stereocenters. The van der Waals surface area contributed by atoms with E-state index in [1.165, 1.54) is 28.0 Å². The van der Waals surface area contributed by atoms with Crippen molar-refractivity contribution < 1.29 is 23.4 Å². The molecule has 1 aromatic heterocycles. The van der Waals surface area contributed by atoms with E-state index in [1.54, 1.807) is 57.4 Å². The van der Waals surface area contributed by atoms with Crippen LogP contribution < -0.4 is 24.4 Å². The molecule has 9 heteroatoms. The van der Waals surface area contributed by atoms with E-state index in [0.717, 1.165) is 0 Å². The average Bonchev–Trinajstić information content (AvgIpc) is 3.14. The highest BCUT2D eigenvalue weighted by Gasteiger charge is 2.33. The molecule has 0 fully saturated rings. The van der Waals surface area contributed by atoms with Gasteiger partial charge in [0.05, 0.1) is 42.2 Å². The molecule has 1 atom stereocenters. The number of methoxy groups -OCH3 is 1. The van der Waals surface area contributed by atoms with Gasteiger partial charge in [0.25, 0.3) is 5.56 Å². The first kappa shape index (κ1) is 24.4. The number of nitrogens with zero attached hydrogens (tertiary/aromatic N) is 2. The maximum Gasteiger partial charge on any atom is 0.338 e. The highest BCUT2D eigenvalue weighted by Crippen LogP contribution is 2.36. The van der Waals surface area contributed by atoms with Crippen molar-refractivity contribution in [2.24, 2.45) is 4.99 Å². The summed E-state index contributed by atoms with van der Waals surface area (Å²) in [5.74, 6) is 0.139. The number of hydrogen-bond acceptors (Lipinski definition) is 7. The van der Waals surface area contributed by atoms with Gasteiger partial charge in [-0.3, -0.25) is 9.36 Å². The largest absolute Gasteiger partial charge is 0.493 e. The second-order valence-corrected chi connectivity index (χ2v) is 8.71. The molecule has 0 spiro atoms. The molecule has 1 aliphatic rings. The Bertz CT molecular complexity index is 1470. The molecule has 0 N–H and O–H groups in total. The summed E-state index contributed by atoms with van der Waals surface area (Å²) in [5.41, 5.74) is 1.77. The van der Waals surface area contributed by atoms with Crippen LogP contribution in [0, 0.1) is 5.82 Å². The number of rotatable bonds is 7. The van der Waals surface area contributed by atoms with E-state index in [1.807, 2.05) is 6.92 Å². The summed E-state index contributed by atoms with van der Waals surface area (Å²) in [6.07, 6.45) is 1.68. The predicted octanol–water partition coefficient (Wildman–Crippen LogP) is 3.34. The summed E-state index contributed by atoms with van der Waals surface area (Å²) in [6.45, 7) is 5.91. The van der Waals surface area contributed by atoms with Gasteiger partial charge in [0.2, 0.25) is 0 Å². The normalized spacial score (nSPS) is 15.5. The van der Waals surface area contributed by atoms with Crippen molar-refractivity contribution in [3.05, 3.63) is 90.4 Å². The second-order valence-electron chi connectivity index (χ2n) is 7.70. The van der Waals surface area contributed by atoms with Crippen molar-refractivity contribution in [1.29, 1.82) is 0 Å². The van der Waals surface area contributed by atoms with Crippen molar-refractivity contribution in [2.45, 2.75) is 26.8 Å². The smallest absolute Gasteiger partial charge is 0.338 e. The summed E-state index contributed by atoms with van der Waals surface area (Å²) in [6, 6.07) is 10.4. The van der Waals surface area contributed by atoms with Crippen LogP contribution in [0.1, 0.15) is 37.9 Å². The Labute approximate surface area is 205 Å². The summed E-state index contributed by atoms with van der Waals surface area (Å²) in [7, 11) is 1.55. The molecular formula is C26H25FN2O5S. The first-order valence-electron chi connectivity index (χ1n) is 11.1. The molecular weight excluding hydrogens is 471 g/mol. The van der Waals surface area contributed by atoms with Gasteiger partial charge in [0.15, 0.2) is 16.3 Å². The zero-order valence-electron chi connectivity index (χ0n) is 19.8. The summed E-state index contributed by atoms with van der Waals surface area (Å²) in [5, 5.41) is 0. The number of fused-ring (bicyclic) bond motifs is 1. The number of benzene rings is 2. The monoisotopic (exact) mass is 496 g/mol. The third kappa shape index (κ3) is 4.77. The number of halogens is 1. The highest BCUT2D eigenvalue weighted by atomic mass is 32.1. The zero-order chi connectivity index (χ0) is 25.1. The predicted molar refractivity (Wildman–Crippen MR) is 131 cm³/mol. The van der Waals surface area contributed by atoms with E-state index in [2.05, 4.69) is 4.99 Å². The number of hydrogen-bond donors (Lipinski definition) is 0.